The van der Waals surface area contributed by atoms with E-state index in [1.807, 2.05) is 30.3 Å². The maximum absolute atomic E-state index is 12.9. The van der Waals surface area contributed by atoms with Gasteiger partial charge < -0.3 is 10.2 Å². The lowest BCUT2D eigenvalue weighted by atomic mass is 9.95. The van der Waals surface area contributed by atoms with Gasteiger partial charge in [0.05, 0.1) is 11.6 Å². The number of carbonyl (C=O) groups is 2. The number of benzene rings is 3. The topological polar surface area (TPSA) is 77.8 Å². The average Bonchev–Trinajstić information content (AvgIpc) is 3.00. The number of nitrogens with zero attached hydrogens (tertiary/aromatic N) is 1. The number of rotatable bonds is 3. The number of aromatic hydroxyl groups is 1. The van der Waals surface area contributed by atoms with Crippen molar-refractivity contribution in [2.24, 2.45) is 0 Å². The molecule has 1 amide bonds. The molecule has 0 radical (unpaired) electrons. The average molecular weight is 371 g/mol. The van der Waals surface area contributed by atoms with Crippen LogP contribution in [0, 0.1) is 0 Å². The number of aliphatic hydroxyl groups is 1. The van der Waals surface area contributed by atoms with Crippen LogP contribution in [-0.4, -0.2) is 21.9 Å². The minimum absolute atomic E-state index is 0.0375. The second-order valence-electron chi connectivity index (χ2n) is 6.46. The Morgan fingerprint density at radius 3 is 1.96 bits per heavy atom. The molecular weight excluding hydrogens is 354 g/mol. The summed E-state index contributed by atoms with van der Waals surface area (Å²) in [4.78, 5) is 27.1. The van der Waals surface area contributed by atoms with Gasteiger partial charge in [0.15, 0.2) is 0 Å². The van der Waals surface area contributed by atoms with Gasteiger partial charge in [0.1, 0.15) is 11.5 Å². The Kier molecular flexibility index (Phi) is 4.41. The molecule has 1 atom stereocenters. The minimum atomic E-state index is -0.772. The van der Waals surface area contributed by atoms with E-state index in [2.05, 4.69) is 0 Å². The Morgan fingerprint density at radius 1 is 0.786 bits per heavy atom. The van der Waals surface area contributed by atoms with Crippen molar-refractivity contribution >= 4 is 23.1 Å². The van der Waals surface area contributed by atoms with Crippen LogP contribution in [0.15, 0.2) is 90.5 Å². The van der Waals surface area contributed by atoms with E-state index in [1.165, 1.54) is 17.0 Å². The Hall–Kier alpha value is -3.86. The number of hydrogen-bond acceptors (Lipinski definition) is 4. The molecular formula is C23H17NO4. The van der Waals surface area contributed by atoms with Crippen LogP contribution in [0.4, 0.5) is 5.69 Å². The molecule has 0 unspecified atom stereocenters. The Morgan fingerprint density at radius 2 is 1.36 bits per heavy atom. The first kappa shape index (κ1) is 17.5. The molecule has 138 valence electrons. The molecule has 5 nitrogen and oxygen atoms in total. The molecule has 28 heavy (non-hydrogen) atoms. The molecule has 3 aromatic carbocycles. The predicted molar refractivity (Wildman–Crippen MR) is 106 cm³/mol. The lowest BCUT2D eigenvalue weighted by molar-refractivity contribution is -0.132. The molecule has 0 bridgehead atoms. The normalized spacial score (nSPS) is 18.4. The maximum Gasteiger partial charge on any atom is 0.300 e. The highest BCUT2D eigenvalue weighted by molar-refractivity contribution is 6.51. The van der Waals surface area contributed by atoms with Crippen molar-refractivity contribution in [3.63, 3.8) is 0 Å². The summed E-state index contributed by atoms with van der Waals surface area (Å²) in [5, 5.41) is 20.5. The van der Waals surface area contributed by atoms with E-state index in [9.17, 15) is 19.8 Å². The van der Waals surface area contributed by atoms with E-state index in [1.54, 1.807) is 42.5 Å². The monoisotopic (exact) mass is 371 g/mol. The number of phenolic OH excluding ortho intramolecular Hbond substituents is 1. The van der Waals surface area contributed by atoms with Crippen LogP contribution in [0.5, 0.6) is 5.75 Å². The summed E-state index contributed by atoms with van der Waals surface area (Å²) in [6.45, 7) is 0. The van der Waals surface area contributed by atoms with Crippen molar-refractivity contribution in [2.45, 2.75) is 6.04 Å². The number of ketones is 1. The van der Waals surface area contributed by atoms with Crippen LogP contribution in [0.25, 0.3) is 5.76 Å². The van der Waals surface area contributed by atoms with Crippen LogP contribution >= 0.6 is 0 Å². The van der Waals surface area contributed by atoms with Gasteiger partial charge in [-0.15, -0.1) is 0 Å². The third-order valence-corrected chi connectivity index (χ3v) is 4.73. The zero-order valence-corrected chi connectivity index (χ0v) is 14.8. The van der Waals surface area contributed by atoms with Crippen molar-refractivity contribution in [3.05, 3.63) is 102 Å². The highest BCUT2D eigenvalue weighted by Crippen LogP contribution is 2.42. The van der Waals surface area contributed by atoms with Crippen molar-refractivity contribution < 1.29 is 19.8 Å². The van der Waals surface area contributed by atoms with Gasteiger partial charge in [-0.25, -0.2) is 0 Å². The molecule has 4 rings (SSSR count). The molecule has 5 heteroatoms. The van der Waals surface area contributed by atoms with E-state index in [-0.39, 0.29) is 17.1 Å². The van der Waals surface area contributed by atoms with Gasteiger partial charge in [-0.3, -0.25) is 14.5 Å². The van der Waals surface area contributed by atoms with E-state index < -0.39 is 17.7 Å². The number of amides is 1. The fourth-order valence-corrected chi connectivity index (χ4v) is 3.41. The van der Waals surface area contributed by atoms with Gasteiger partial charge >= 0.3 is 0 Å². The molecule has 0 aliphatic carbocycles. The lowest BCUT2D eigenvalue weighted by Gasteiger charge is -2.25. The molecule has 1 saturated heterocycles. The predicted octanol–water partition coefficient (Wildman–Crippen LogP) is 4.02. The summed E-state index contributed by atoms with van der Waals surface area (Å²) in [6.07, 6.45) is 0. The zero-order valence-electron chi connectivity index (χ0n) is 14.8. The molecule has 1 heterocycles. The summed E-state index contributed by atoms with van der Waals surface area (Å²) in [5.41, 5.74) is 1.66. The molecule has 0 saturated carbocycles. The molecule has 1 aliphatic rings. The largest absolute Gasteiger partial charge is 0.508 e. The second-order valence-corrected chi connectivity index (χ2v) is 6.46. The maximum atomic E-state index is 12.9. The molecule has 1 fully saturated rings. The van der Waals surface area contributed by atoms with Crippen molar-refractivity contribution in [1.29, 1.82) is 0 Å². The minimum Gasteiger partial charge on any atom is -0.508 e. The molecule has 3 aromatic rings. The second kappa shape index (κ2) is 7.04. The fourth-order valence-electron chi connectivity index (χ4n) is 3.41. The van der Waals surface area contributed by atoms with Gasteiger partial charge in [0, 0.05) is 11.3 Å². The number of carbonyl (C=O) groups excluding carboxylic acids is 2. The van der Waals surface area contributed by atoms with Crippen molar-refractivity contribution in [1.82, 2.24) is 0 Å². The van der Waals surface area contributed by atoms with Gasteiger partial charge in [0.2, 0.25) is 0 Å². The molecule has 2 N–H and O–H groups in total. The van der Waals surface area contributed by atoms with E-state index >= 15 is 0 Å². The highest BCUT2D eigenvalue weighted by atomic mass is 16.3. The zero-order chi connectivity index (χ0) is 19.7. The quantitative estimate of drug-likeness (QED) is 0.414. The summed E-state index contributed by atoms with van der Waals surface area (Å²) in [7, 11) is 0. The number of anilines is 1. The van der Waals surface area contributed by atoms with Crippen LogP contribution in [0.2, 0.25) is 0 Å². The van der Waals surface area contributed by atoms with Crippen molar-refractivity contribution in [2.75, 3.05) is 4.90 Å². The highest BCUT2D eigenvalue weighted by Gasteiger charge is 2.46. The standard InChI is InChI=1S/C23H17NO4/c25-18-13-11-17(12-14-18)24-20(15-7-3-1-4-8-15)19(22(27)23(24)28)21(26)16-9-5-2-6-10-16/h1-14,20,25-26H/t20-/m0/s1. The molecule has 0 aromatic heterocycles. The molecule has 1 aliphatic heterocycles. The van der Waals surface area contributed by atoms with Gasteiger partial charge in [-0.2, -0.15) is 0 Å². The molecule has 0 spiro atoms. The summed E-state index contributed by atoms with van der Waals surface area (Å²) in [6, 6.07) is 23.0. The van der Waals surface area contributed by atoms with E-state index in [0.717, 1.165) is 0 Å². The van der Waals surface area contributed by atoms with Crippen molar-refractivity contribution in [3.8, 4) is 5.75 Å². The lowest BCUT2D eigenvalue weighted by Crippen LogP contribution is -2.29. The SMILES string of the molecule is O=C1C(=O)N(c2ccc(O)cc2)[C@@H](c2ccccc2)C1=C(O)c1ccccc1. The van der Waals surface area contributed by atoms with Crippen LogP contribution < -0.4 is 4.90 Å². The summed E-state index contributed by atoms with van der Waals surface area (Å²) < 4.78 is 0. The first-order chi connectivity index (χ1) is 13.6. The Labute approximate surface area is 161 Å². The summed E-state index contributed by atoms with van der Waals surface area (Å²) in [5.74, 6) is -1.63. The Balaban J connectivity index is 1.94. The first-order valence-corrected chi connectivity index (χ1v) is 8.78. The van der Waals surface area contributed by atoms with Crippen LogP contribution in [-0.2, 0) is 9.59 Å². The van der Waals surface area contributed by atoms with E-state index in [0.29, 0.717) is 16.8 Å². The number of aliphatic hydroxyl groups excluding tert-OH is 1. The fraction of sp³-hybridized carbons (Fsp3) is 0.0435. The number of hydrogen-bond donors (Lipinski definition) is 2. The van der Waals surface area contributed by atoms with Crippen LogP contribution in [0.3, 0.4) is 0 Å². The number of phenols is 1. The third-order valence-electron chi connectivity index (χ3n) is 4.73. The Bertz CT molecular complexity index is 1060. The third kappa shape index (κ3) is 2.93. The van der Waals surface area contributed by atoms with Gasteiger partial charge in [-0.05, 0) is 29.8 Å². The first-order valence-electron chi connectivity index (χ1n) is 8.78. The smallest absolute Gasteiger partial charge is 0.300 e. The number of Topliss-reactive ketones (excluding diaryl/α,β-unsaturated/α-hetero) is 1. The van der Waals surface area contributed by atoms with Gasteiger partial charge in [0.25, 0.3) is 11.7 Å². The van der Waals surface area contributed by atoms with Gasteiger partial charge in [-0.1, -0.05) is 60.7 Å². The van der Waals surface area contributed by atoms with Crippen LogP contribution in [0.1, 0.15) is 17.2 Å². The summed E-state index contributed by atoms with van der Waals surface area (Å²) >= 11 is 0. The van der Waals surface area contributed by atoms with E-state index in [4.69, 9.17) is 0 Å².